The first-order chi connectivity index (χ1) is 12.6. The number of anilines is 1. The number of benzene rings is 1. The number of esters is 1. The van der Waals surface area contributed by atoms with Crippen molar-refractivity contribution in [1.82, 2.24) is 4.57 Å². The molecule has 3 aromatic rings. The molecule has 0 radical (unpaired) electrons. The van der Waals surface area contributed by atoms with Crippen LogP contribution in [0.15, 0.2) is 41.8 Å². The number of carbonyl (C=O) groups excluding carboxylic acids is 2. The number of ether oxygens (including phenoxy) is 1. The number of methoxy groups -OCH3 is 1. The van der Waals surface area contributed by atoms with Gasteiger partial charge in [-0.2, -0.15) is 5.26 Å². The van der Waals surface area contributed by atoms with Crippen LogP contribution in [0.2, 0.25) is 0 Å². The number of hydrogen-bond donors (Lipinski definition) is 0. The fraction of sp³-hybridized carbons (Fsp3) is 0.211. The second-order valence-corrected chi connectivity index (χ2v) is 6.53. The molecule has 26 heavy (non-hydrogen) atoms. The van der Waals surface area contributed by atoms with Crippen molar-refractivity contribution in [3.63, 3.8) is 0 Å². The predicted molar refractivity (Wildman–Crippen MR) is 100 cm³/mol. The minimum atomic E-state index is -0.476. The van der Waals surface area contributed by atoms with Gasteiger partial charge in [0, 0.05) is 12.2 Å². The highest BCUT2D eigenvalue weighted by atomic mass is 32.1. The smallest absolute Gasteiger partial charge is 0.354 e. The van der Waals surface area contributed by atoms with Crippen LogP contribution in [0.3, 0.4) is 0 Å². The van der Waals surface area contributed by atoms with E-state index in [1.165, 1.54) is 18.4 Å². The van der Waals surface area contributed by atoms with Crippen LogP contribution in [0.25, 0.3) is 10.2 Å². The molecule has 2 aromatic heterocycles. The van der Waals surface area contributed by atoms with Crippen LogP contribution in [-0.2, 0) is 16.1 Å². The molecule has 3 rings (SSSR count). The van der Waals surface area contributed by atoms with Crippen molar-refractivity contribution in [2.24, 2.45) is 0 Å². The molecule has 2 heterocycles. The first kappa shape index (κ1) is 17.7. The second kappa shape index (κ2) is 7.42. The Morgan fingerprint density at radius 1 is 1.31 bits per heavy atom. The summed E-state index contributed by atoms with van der Waals surface area (Å²) < 4.78 is 7.44. The number of amides is 1. The summed E-state index contributed by atoms with van der Waals surface area (Å²) >= 11 is 1.50. The molecule has 1 aromatic carbocycles. The second-order valence-electron chi connectivity index (χ2n) is 5.58. The van der Waals surface area contributed by atoms with Crippen LogP contribution in [0, 0.1) is 11.3 Å². The molecule has 132 valence electrons. The summed E-state index contributed by atoms with van der Waals surface area (Å²) in [4.78, 5) is 26.6. The minimum absolute atomic E-state index is 0.00921. The Labute approximate surface area is 154 Å². The lowest BCUT2D eigenvalue weighted by Crippen LogP contribution is -2.34. The molecule has 0 saturated carbocycles. The third-order valence-corrected chi connectivity index (χ3v) is 4.97. The molecule has 0 spiro atoms. The summed E-state index contributed by atoms with van der Waals surface area (Å²) in [6.07, 6.45) is 0. The van der Waals surface area contributed by atoms with Crippen molar-refractivity contribution in [2.75, 3.05) is 18.6 Å². The standard InChI is InChI=1S/C19H17N3O3S/c1-3-21(14-6-4-5-13(9-14)11-20)18(23)12-22-15-7-8-26-17(15)10-16(22)19(24)25-2/h4-10H,3,12H2,1-2H3. The summed E-state index contributed by atoms with van der Waals surface area (Å²) in [6.45, 7) is 2.33. The average Bonchev–Trinajstić information content (AvgIpc) is 3.24. The van der Waals surface area contributed by atoms with Crippen LogP contribution in [-0.4, -0.2) is 30.1 Å². The van der Waals surface area contributed by atoms with Gasteiger partial charge in [0.15, 0.2) is 0 Å². The van der Waals surface area contributed by atoms with Crippen LogP contribution in [0.4, 0.5) is 5.69 Å². The van der Waals surface area contributed by atoms with E-state index >= 15 is 0 Å². The number of carbonyl (C=O) groups is 2. The molecule has 0 fully saturated rings. The van der Waals surface area contributed by atoms with E-state index in [2.05, 4.69) is 6.07 Å². The van der Waals surface area contributed by atoms with Gasteiger partial charge in [-0.3, -0.25) is 4.79 Å². The average molecular weight is 367 g/mol. The fourth-order valence-corrected chi connectivity index (χ4v) is 3.71. The van der Waals surface area contributed by atoms with Gasteiger partial charge in [-0.05, 0) is 42.6 Å². The highest BCUT2D eigenvalue weighted by molar-refractivity contribution is 7.17. The van der Waals surface area contributed by atoms with Crippen molar-refractivity contribution in [3.05, 3.63) is 53.0 Å². The number of fused-ring (bicyclic) bond motifs is 1. The van der Waals surface area contributed by atoms with Crippen molar-refractivity contribution in [3.8, 4) is 6.07 Å². The number of likely N-dealkylation sites (N-methyl/N-ethyl adjacent to an activating group) is 1. The highest BCUT2D eigenvalue weighted by Crippen LogP contribution is 2.26. The Hall–Kier alpha value is -3.11. The SMILES string of the molecule is CCN(C(=O)Cn1c(C(=O)OC)cc2sccc21)c1cccc(C#N)c1. The van der Waals surface area contributed by atoms with Crippen LogP contribution < -0.4 is 4.90 Å². The van der Waals surface area contributed by atoms with E-state index in [0.717, 1.165) is 10.2 Å². The molecule has 0 aliphatic rings. The van der Waals surface area contributed by atoms with Crippen LogP contribution >= 0.6 is 11.3 Å². The maximum absolute atomic E-state index is 12.9. The van der Waals surface area contributed by atoms with E-state index in [1.54, 1.807) is 39.8 Å². The van der Waals surface area contributed by atoms with Gasteiger partial charge in [-0.25, -0.2) is 4.79 Å². The third-order valence-electron chi connectivity index (χ3n) is 4.11. The first-order valence-corrected chi connectivity index (χ1v) is 8.92. The molecular weight excluding hydrogens is 350 g/mol. The molecule has 0 atom stereocenters. The molecule has 1 amide bonds. The van der Waals surface area contributed by atoms with Crippen molar-refractivity contribution >= 4 is 39.1 Å². The van der Waals surface area contributed by atoms with Crippen molar-refractivity contribution in [1.29, 1.82) is 5.26 Å². The van der Waals surface area contributed by atoms with E-state index in [-0.39, 0.29) is 12.5 Å². The van der Waals surface area contributed by atoms with Crippen molar-refractivity contribution in [2.45, 2.75) is 13.5 Å². The van der Waals surface area contributed by atoms with E-state index in [1.807, 2.05) is 18.4 Å². The van der Waals surface area contributed by atoms with Gasteiger partial charge >= 0.3 is 5.97 Å². The molecule has 7 heteroatoms. The summed E-state index contributed by atoms with van der Waals surface area (Å²) in [5.74, 6) is -0.646. The topological polar surface area (TPSA) is 75.3 Å². The third kappa shape index (κ3) is 3.19. The molecular formula is C19H17N3O3S. The van der Waals surface area contributed by atoms with Gasteiger partial charge in [0.25, 0.3) is 0 Å². The number of thiophene rings is 1. The number of aromatic nitrogens is 1. The number of nitrogens with zero attached hydrogens (tertiary/aromatic N) is 3. The number of rotatable bonds is 5. The molecule has 0 aliphatic carbocycles. The Balaban J connectivity index is 1.95. The zero-order valence-electron chi connectivity index (χ0n) is 14.4. The molecule has 0 N–H and O–H groups in total. The molecule has 0 aliphatic heterocycles. The Kier molecular flexibility index (Phi) is 5.05. The number of nitriles is 1. The lowest BCUT2D eigenvalue weighted by atomic mass is 10.2. The summed E-state index contributed by atoms with van der Waals surface area (Å²) in [5, 5.41) is 11.0. The van der Waals surface area contributed by atoms with Gasteiger partial charge in [-0.15, -0.1) is 11.3 Å². The van der Waals surface area contributed by atoms with E-state index in [4.69, 9.17) is 10.00 Å². The normalized spacial score (nSPS) is 10.5. The quantitative estimate of drug-likeness (QED) is 0.648. The van der Waals surface area contributed by atoms with E-state index in [0.29, 0.717) is 23.5 Å². The van der Waals surface area contributed by atoms with Crippen molar-refractivity contribution < 1.29 is 14.3 Å². The Bertz CT molecular complexity index is 1010. The van der Waals surface area contributed by atoms with E-state index < -0.39 is 5.97 Å². The zero-order valence-corrected chi connectivity index (χ0v) is 15.2. The maximum atomic E-state index is 12.9. The Morgan fingerprint density at radius 2 is 2.12 bits per heavy atom. The molecule has 0 bridgehead atoms. The molecule has 6 nitrogen and oxygen atoms in total. The Morgan fingerprint density at radius 3 is 2.81 bits per heavy atom. The summed E-state index contributed by atoms with van der Waals surface area (Å²) in [5.41, 5.74) is 2.32. The van der Waals surface area contributed by atoms with Gasteiger partial charge in [0.2, 0.25) is 5.91 Å². The zero-order chi connectivity index (χ0) is 18.7. The summed E-state index contributed by atoms with van der Waals surface area (Å²) in [7, 11) is 1.32. The van der Waals surface area contributed by atoms with Gasteiger partial charge in [-0.1, -0.05) is 6.07 Å². The van der Waals surface area contributed by atoms with Crippen LogP contribution in [0.1, 0.15) is 23.0 Å². The molecule has 0 saturated heterocycles. The maximum Gasteiger partial charge on any atom is 0.354 e. The number of hydrogen-bond acceptors (Lipinski definition) is 5. The van der Waals surface area contributed by atoms with Gasteiger partial charge in [0.05, 0.1) is 29.0 Å². The molecule has 0 unspecified atom stereocenters. The highest BCUT2D eigenvalue weighted by Gasteiger charge is 2.21. The van der Waals surface area contributed by atoms with Crippen LogP contribution in [0.5, 0.6) is 0 Å². The minimum Gasteiger partial charge on any atom is -0.464 e. The van der Waals surface area contributed by atoms with Gasteiger partial charge in [0.1, 0.15) is 12.2 Å². The largest absolute Gasteiger partial charge is 0.464 e. The van der Waals surface area contributed by atoms with E-state index in [9.17, 15) is 9.59 Å². The predicted octanol–water partition coefficient (Wildman–Crippen LogP) is 3.41. The first-order valence-electron chi connectivity index (χ1n) is 8.04. The lowest BCUT2D eigenvalue weighted by Gasteiger charge is -2.22. The lowest BCUT2D eigenvalue weighted by molar-refractivity contribution is -0.119. The fourth-order valence-electron chi connectivity index (χ4n) is 2.89. The summed E-state index contributed by atoms with van der Waals surface area (Å²) in [6, 6.07) is 12.6. The van der Waals surface area contributed by atoms with Gasteiger partial charge < -0.3 is 14.2 Å². The monoisotopic (exact) mass is 367 g/mol.